The first-order chi connectivity index (χ1) is 9.61. The molecule has 3 nitrogen and oxygen atoms in total. The van der Waals surface area contributed by atoms with Crippen molar-refractivity contribution in [1.29, 1.82) is 0 Å². The highest BCUT2D eigenvalue weighted by Crippen LogP contribution is 2.32. The van der Waals surface area contributed by atoms with Gasteiger partial charge in [0.25, 0.3) is 0 Å². The first kappa shape index (κ1) is 15.8. The van der Waals surface area contributed by atoms with Crippen LogP contribution in [0.25, 0.3) is 0 Å². The Kier molecular flexibility index (Phi) is 5.88. The Balaban J connectivity index is 1.85. The van der Waals surface area contributed by atoms with E-state index in [4.69, 9.17) is 0 Å². The predicted octanol–water partition coefficient (Wildman–Crippen LogP) is 3.21. The van der Waals surface area contributed by atoms with Crippen LogP contribution in [-0.2, 0) is 4.79 Å². The van der Waals surface area contributed by atoms with Crippen LogP contribution >= 0.6 is 0 Å². The number of likely N-dealkylation sites (tertiary alicyclic amines) is 1. The van der Waals surface area contributed by atoms with Crippen molar-refractivity contribution in [3.05, 3.63) is 0 Å². The van der Waals surface area contributed by atoms with Crippen molar-refractivity contribution in [3.8, 4) is 0 Å². The molecule has 1 amide bonds. The quantitative estimate of drug-likeness (QED) is 0.840. The van der Waals surface area contributed by atoms with Crippen molar-refractivity contribution >= 4 is 5.91 Å². The number of hydrogen-bond acceptors (Lipinski definition) is 2. The van der Waals surface area contributed by atoms with Gasteiger partial charge in [0.05, 0.1) is 6.10 Å². The van der Waals surface area contributed by atoms with E-state index in [1.54, 1.807) is 0 Å². The lowest BCUT2D eigenvalue weighted by molar-refractivity contribution is -0.135. The van der Waals surface area contributed by atoms with E-state index in [0.717, 1.165) is 38.3 Å². The third-order valence-electron chi connectivity index (χ3n) is 5.40. The molecule has 3 heteroatoms. The minimum Gasteiger partial charge on any atom is -0.393 e. The highest BCUT2D eigenvalue weighted by atomic mass is 16.3. The fraction of sp³-hybridized carbons (Fsp3) is 0.941. The van der Waals surface area contributed by atoms with Crippen LogP contribution in [-0.4, -0.2) is 35.1 Å². The third-order valence-corrected chi connectivity index (χ3v) is 5.40. The van der Waals surface area contributed by atoms with E-state index in [0.29, 0.717) is 5.91 Å². The van der Waals surface area contributed by atoms with Gasteiger partial charge in [-0.1, -0.05) is 39.0 Å². The number of rotatable bonds is 5. The molecule has 2 rings (SSSR count). The van der Waals surface area contributed by atoms with Gasteiger partial charge in [0.15, 0.2) is 0 Å². The summed E-state index contributed by atoms with van der Waals surface area (Å²) in [6, 6.07) is 0. The summed E-state index contributed by atoms with van der Waals surface area (Å²) >= 11 is 0. The summed E-state index contributed by atoms with van der Waals surface area (Å²) in [4.78, 5) is 14.7. The lowest BCUT2D eigenvalue weighted by Crippen LogP contribution is -2.36. The molecule has 3 unspecified atom stereocenters. The highest BCUT2D eigenvalue weighted by Gasteiger charge is 2.33. The van der Waals surface area contributed by atoms with Crippen LogP contribution in [0, 0.1) is 17.8 Å². The van der Waals surface area contributed by atoms with E-state index in [9.17, 15) is 9.90 Å². The first-order valence-electron chi connectivity index (χ1n) is 8.58. The van der Waals surface area contributed by atoms with Gasteiger partial charge in [0.1, 0.15) is 0 Å². The molecule has 0 aromatic rings. The van der Waals surface area contributed by atoms with E-state index in [1.165, 1.54) is 32.1 Å². The second kappa shape index (κ2) is 7.44. The number of hydrogen-bond donors (Lipinski definition) is 1. The number of nitrogens with zero attached hydrogens (tertiary/aromatic N) is 1. The van der Waals surface area contributed by atoms with Gasteiger partial charge in [0, 0.05) is 24.9 Å². The van der Waals surface area contributed by atoms with Gasteiger partial charge in [-0.25, -0.2) is 0 Å². The Bertz CT molecular complexity index is 310. The maximum Gasteiger partial charge on any atom is 0.225 e. The lowest BCUT2D eigenvalue weighted by Gasteiger charge is -2.28. The molecule has 116 valence electrons. The second-order valence-electron chi connectivity index (χ2n) is 6.92. The van der Waals surface area contributed by atoms with E-state index in [-0.39, 0.29) is 17.9 Å². The monoisotopic (exact) mass is 281 g/mol. The summed E-state index contributed by atoms with van der Waals surface area (Å²) in [7, 11) is 0. The van der Waals surface area contributed by atoms with Crippen LogP contribution in [0.15, 0.2) is 0 Å². The summed E-state index contributed by atoms with van der Waals surface area (Å²) < 4.78 is 0. The summed E-state index contributed by atoms with van der Waals surface area (Å²) in [6.45, 7) is 5.60. The zero-order chi connectivity index (χ0) is 14.5. The number of carbonyl (C=O) groups excluding carboxylic acids is 1. The molecule has 2 fully saturated rings. The van der Waals surface area contributed by atoms with Crippen LogP contribution < -0.4 is 0 Å². The van der Waals surface area contributed by atoms with E-state index < -0.39 is 0 Å². The van der Waals surface area contributed by atoms with Crippen molar-refractivity contribution in [2.24, 2.45) is 17.8 Å². The summed E-state index contributed by atoms with van der Waals surface area (Å²) in [5.74, 6) is 1.62. The van der Waals surface area contributed by atoms with Crippen LogP contribution in [0.3, 0.4) is 0 Å². The van der Waals surface area contributed by atoms with E-state index in [1.807, 2.05) is 11.8 Å². The summed E-state index contributed by atoms with van der Waals surface area (Å²) in [6.07, 6.45) is 9.45. The summed E-state index contributed by atoms with van der Waals surface area (Å²) in [5, 5.41) is 9.67. The van der Waals surface area contributed by atoms with Gasteiger partial charge >= 0.3 is 0 Å². The molecule has 1 saturated carbocycles. The molecule has 0 aromatic heterocycles. The smallest absolute Gasteiger partial charge is 0.225 e. The Morgan fingerprint density at radius 2 is 1.95 bits per heavy atom. The number of aliphatic hydroxyl groups is 1. The van der Waals surface area contributed by atoms with Gasteiger partial charge in [-0.05, 0) is 32.1 Å². The largest absolute Gasteiger partial charge is 0.393 e. The van der Waals surface area contributed by atoms with Crippen molar-refractivity contribution < 1.29 is 9.90 Å². The van der Waals surface area contributed by atoms with Gasteiger partial charge in [0.2, 0.25) is 5.91 Å². The molecule has 2 aliphatic rings. The number of carbonyl (C=O) groups is 1. The molecule has 20 heavy (non-hydrogen) atoms. The molecule has 1 saturated heterocycles. The number of amides is 1. The molecule has 0 bridgehead atoms. The molecule has 0 aromatic carbocycles. The average Bonchev–Trinajstić information content (AvgIpc) is 2.95. The third kappa shape index (κ3) is 3.97. The fourth-order valence-electron chi connectivity index (χ4n) is 3.91. The van der Waals surface area contributed by atoms with E-state index in [2.05, 4.69) is 6.92 Å². The van der Waals surface area contributed by atoms with Crippen LogP contribution in [0.5, 0.6) is 0 Å². The van der Waals surface area contributed by atoms with Gasteiger partial charge in [-0.15, -0.1) is 0 Å². The first-order valence-corrected chi connectivity index (χ1v) is 8.58. The molecular formula is C17H31NO2. The zero-order valence-electron chi connectivity index (χ0n) is 13.2. The molecular weight excluding hydrogens is 250 g/mol. The Morgan fingerprint density at radius 1 is 1.25 bits per heavy atom. The SMILES string of the molecule is CCC(CC1CCCCC1)C(=O)N1CCC(C(C)O)C1. The molecule has 1 aliphatic heterocycles. The maximum absolute atomic E-state index is 12.7. The fourth-order valence-corrected chi connectivity index (χ4v) is 3.91. The Hall–Kier alpha value is -0.570. The van der Waals surface area contributed by atoms with Gasteiger partial charge in [-0.2, -0.15) is 0 Å². The van der Waals surface area contributed by atoms with Crippen LogP contribution in [0.1, 0.15) is 65.2 Å². The number of aliphatic hydroxyl groups excluding tert-OH is 1. The molecule has 0 radical (unpaired) electrons. The average molecular weight is 281 g/mol. The van der Waals surface area contributed by atoms with Gasteiger partial charge in [-0.3, -0.25) is 4.79 Å². The summed E-state index contributed by atoms with van der Waals surface area (Å²) in [5.41, 5.74) is 0. The Morgan fingerprint density at radius 3 is 2.50 bits per heavy atom. The molecule has 1 heterocycles. The van der Waals surface area contributed by atoms with Crippen molar-refractivity contribution in [3.63, 3.8) is 0 Å². The minimum atomic E-state index is -0.286. The van der Waals surface area contributed by atoms with Crippen molar-refractivity contribution in [2.45, 2.75) is 71.3 Å². The topological polar surface area (TPSA) is 40.5 Å². The maximum atomic E-state index is 12.7. The molecule has 1 aliphatic carbocycles. The lowest BCUT2D eigenvalue weighted by atomic mass is 9.81. The standard InChI is InChI=1S/C17H31NO2/c1-3-15(11-14-7-5-4-6-8-14)17(20)18-10-9-16(12-18)13(2)19/h13-16,19H,3-12H2,1-2H3. The van der Waals surface area contributed by atoms with Gasteiger partial charge < -0.3 is 10.0 Å². The molecule has 3 atom stereocenters. The Labute approximate surface area is 123 Å². The molecule has 1 N–H and O–H groups in total. The van der Waals surface area contributed by atoms with Crippen LogP contribution in [0.2, 0.25) is 0 Å². The van der Waals surface area contributed by atoms with Crippen molar-refractivity contribution in [1.82, 2.24) is 4.90 Å². The zero-order valence-corrected chi connectivity index (χ0v) is 13.2. The van der Waals surface area contributed by atoms with Crippen LogP contribution in [0.4, 0.5) is 0 Å². The minimum absolute atomic E-state index is 0.214. The molecule has 0 spiro atoms. The van der Waals surface area contributed by atoms with E-state index >= 15 is 0 Å². The predicted molar refractivity (Wildman–Crippen MR) is 81.3 cm³/mol. The highest BCUT2D eigenvalue weighted by molar-refractivity contribution is 5.79. The second-order valence-corrected chi connectivity index (χ2v) is 6.92. The normalized spacial score (nSPS) is 27.6. The van der Waals surface area contributed by atoms with Crippen molar-refractivity contribution in [2.75, 3.05) is 13.1 Å².